The molecule has 0 bridgehead atoms. The lowest BCUT2D eigenvalue weighted by Gasteiger charge is -2.37. The zero-order valence-corrected chi connectivity index (χ0v) is 15.8. The molecule has 0 aliphatic carbocycles. The molecule has 1 aromatic carbocycles. The summed E-state index contributed by atoms with van der Waals surface area (Å²) in [6, 6.07) is 11.5. The number of aromatic nitrogens is 1. The summed E-state index contributed by atoms with van der Waals surface area (Å²) in [5, 5.41) is 11.0. The number of aryl methyl sites for hydroxylation is 1. The van der Waals surface area contributed by atoms with Crippen molar-refractivity contribution in [2.45, 2.75) is 19.4 Å². The predicted molar refractivity (Wildman–Crippen MR) is 107 cm³/mol. The number of nitrogens with zero attached hydrogens (tertiary/aromatic N) is 5. The molecule has 0 saturated carbocycles. The summed E-state index contributed by atoms with van der Waals surface area (Å²) in [6.07, 6.45) is 2.16. The van der Waals surface area contributed by atoms with Crippen molar-refractivity contribution >= 4 is 23.1 Å². The maximum Gasteiger partial charge on any atom is 0.290 e. The topological polar surface area (TPSA) is 82.8 Å². The van der Waals surface area contributed by atoms with E-state index in [2.05, 4.69) is 14.8 Å². The second-order valence-corrected chi connectivity index (χ2v) is 7.24. The van der Waals surface area contributed by atoms with Crippen LogP contribution < -0.4 is 9.80 Å². The smallest absolute Gasteiger partial charge is 0.290 e. The highest BCUT2D eigenvalue weighted by Crippen LogP contribution is 2.26. The van der Waals surface area contributed by atoms with E-state index in [1.807, 2.05) is 35.2 Å². The van der Waals surface area contributed by atoms with Gasteiger partial charge in [0.2, 0.25) is 5.91 Å². The first kappa shape index (κ1) is 18.4. The molecule has 1 atom stereocenters. The summed E-state index contributed by atoms with van der Waals surface area (Å²) in [5.41, 5.74) is 1.61. The van der Waals surface area contributed by atoms with Gasteiger partial charge in [0.25, 0.3) is 5.69 Å². The van der Waals surface area contributed by atoms with Crippen molar-refractivity contribution in [1.82, 2.24) is 9.88 Å². The molecular weight excluding hydrogens is 358 g/mol. The Morgan fingerprint density at radius 2 is 1.82 bits per heavy atom. The van der Waals surface area contributed by atoms with E-state index in [1.165, 1.54) is 6.20 Å². The van der Waals surface area contributed by atoms with Crippen LogP contribution in [-0.2, 0) is 4.79 Å². The van der Waals surface area contributed by atoms with E-state index >= 15 is 0 Å². The quantitative estimate of drug-likeness (QED) is 0.597. The summed E-state index contributed by atoms with van der Waals surface area (Å²) in [4.78, 5) is 34.0. The Morgan fingerprint density at radius 3 is 2.46 bits per heavy atom. The van der Waals surface area contributed by atoms with E-state index in [0.717, 1.165) is 50.6 Å². The molecule has 3 heterocycles. The zero-order chi connectivity index (χ0) is 19.7. The monoisotopic (exact) mass is 381 g/mol. The van der Waals surface area contributed by atoms with Crippen LogP contribution in [0.5, 0.6) is 0 Å². The van der Waals surface area contributed by atoms with Crippen molar-refractivity contribution in [3.05, 3.63) is 58.3 Å². The Bertz CT molecular complexity index is 881. The molecule has 2 saturated heterocycles. The Balaban J connectivity index is 1.39. The Kier molecular flexibility index (Phi) is 4.95. The lowest BCUT2D eigenvalue weighted by atomic mass is 10.1. The minimum Gasteiger partial charge on any atom is -0.354 e. The molecule has 8 heteroatoms. The van der Waals surface area contributed by atoms with Gasteiger partial charge in [-0.2, -0.15) is 0 Å². The molecule has 2 aromatic rings. The number of amides is 1. The molecule has 1 unspecified atom stereocenters. The summed E-state index contributed by atoms with van der Waals surface area (Å²) < 4.78 is 0. The molecule has 4 rings (SSSR count). The third kappa shape index (κ3) is 3.43. The molecule has 28 heavy (non-hydrogen) atoms. The van der Waals surface area contributed by atoms with Gasteiger partial charge in [-0.3, -0.25) is 19.8 Å². The van der Waals surface area contributed by atoms with Crippen molar-refractivity contribution in [3.63, 3.8) is 0 Å². The Hall–Kier alpha value is -3.00. The third-order valence-electron chi connectivity index (χ3n) is 5.59. The van der Waals surface area contributed by atoms with Crippen LogP contribution in [0.4, 0.5) is 17.2 Å². The van der Waals surface area contributed by atoms with Gasteiger partial charge in [0.05, 0.1) is 11.0 Å². The van der Waals surface area contributed by atoms with Crippen LogP contribution in [0.1, 0.15) is 12.0 Å². The van der Waals surface area contributed by atoms with Crippen molar-refractivity contribution in [3.8, 4) is 0 Å². The van der Waals surface area contributed by atoms with Gasteiger partial charge < -0.3 is 9.80 Å². The zero-order valence-electron chi connectivity index (χ0n) is 15.8. The van der Waals surface area contributed by atoms with Crippen LogP contribution in [0.25, 0.3) is 0 Å². The average molecular weight is 381 g/mol. The molecule has 0 spiro atoms. The number of carbonyl (C=O) groups is 1. The number of hydrogen-bond donors (Lipinski definition) is 0. The van der Waals surface area contributed by atoms with Gasteiger partial charge in [0, 0.05) is 44.0 Å². The van der Waals surface area contributed by atoms with Gasteiger partial charge in [-0.05, 0) is 31.5 Å². The van der Waals surface area contributed by atoms with E-state index in [1.54, 1.807) is 13.0 Å². The summed E-state index contributed by atoms with van der Waals surface area (Å²) >= 11 is 0. The molecular formula is C20H23N5O3. The van der Waals surface area contributed by atoms with E-state index in [9.17, 15) is 14.9 Å². The number of piperazine rings is 1. The van der Waals surface area contributed by atoms with Gasteiger partial charge in [-0.1, -0.05) is 18.2 Å². The van der Waals surface area contributed by atoms with E-state index in [0.29, 0.717) is 5.56 Å². The van der Waals surface area contributed by atoms with Crippen LogP contribution in [0.2, 0.25) is 0 Å². The van der Waals surface area contributed by atoms with Gasteiger partial charge in [0.1, 0.15) is 12.0 Å². The van der Waals surface area contributed by atoms with Gasteiger partial charge >= 0.3 is 0 Å². The van der Waals surface area contributed by atoms with Crippen molar-refractivity contribution in [2.75, 3.05) is 42.5 Å². The number of rotatable bonds is 4. The molecule has 2 aliphatic heterocycles. The molecule has 2 fully saturated rings. The molecule has 2 aliphatic rings. The first-order valence-corrected chi connectivity index (χ1v) is 9.51. The predicted octanol–water partition coefficient (Wildman–Crippen LogP) is 2.23. The highest BCUT2D eigenvalue weighted by molar-refractivity contribution is 5.99. The Morgan fingerprint density at radius 1 is 1.11 bits per heavy atom. The second kappa shape index (κ2) is 7.55. The van der Waals surface area contributed by atoms with Crippen LogP contribution in [0.3, 0.4) is 0 Å². The molecule has 146 valence electrons. The molecule has 0 radical (unpaired) electrons. The van der Waals surface area contributed by atoms with Crippen molar-refractivity contribution in [1.29, 1.82) is 0 Å². The second-order valence-electron chi connectivity index (χ2n) is 7.24. The fourth-order valence-electron chi connectivity index (χ4n) is 4.03. The number of carbonyl (C=O) groups excluding carboxylic acids is 1. The highest BCUT2D eigenvalue weighted by atomic mass is 16.6. The summed E-state index contributed by atoms with van der Waals surface area (Å²) in [7, 11) is 0. The van der Waals surface area contributed by atoms with Crippen LogP contribution in [0, 0.1) is 17.0 Å². The molecule has 0 N–H and O–H groups in total. The third-order valence-corrected chi connectivity index (χ3v) is 5.59. The number of benzene rings is 1. The first-order chi connectivity index (χ1) is 13.5. The fraction of sp³-hybridized carbons (Fsp3) is 0.400. The summed E-state index contributed by atoms with van der Waals surface area (Å²) in [5.74, 6) is 0.926. The van der Waals surface area contributed by atoms with Crippen LogP contribution >= 0.6 is 0 Å². The van der Waals surface area contributed by atoms with Gasteiger partial charge in [-0.25, -0.2) is 4.98 Å². The van der Waals surface area contributed by atoms with Gasteiger partial charge in [-0.15, -0.1) is 0 Å². The minimum absolute atomic E-state index is 0.0416. The lowest BCUT2D eigenvalue weighted by molar-refractivity contribution is -0.385. The normalized spacial score (nSPS) is 20.6. The van der Waals surface area contributed by atoms with Crippen molar-refractivity contribution in [2.24, 2.45) is 0 Å². The lowest BCUT2D eigenvalue weighted by Crippen LogP contribution is -2.52. The van der Waals surface area contributed by atoms with E-state index in [-0.39, 0.29) is 17.6 Å². The fourth-order valence-corrected chi connectivity index (χ4v) is 4.03. The van der Waals surface area contributed by atoms with Crippen LogP contribution in [-0.4, -0.2) is 59.5 Å². The number of pyridine rings is 1. The number of anilines is 2. The first-order valence-electron chi connectivity index (χ1n) is 9.51. The maximum atomic E-state index is 12.9. The summed E-state index contributed by atoms with van der Waals surface area (Å²) in [6.45, 7) is 5.53. The van der Waals surface area contributed by atoms with E-state index in [4.69, 9.17) is 0 Å². The van der Waals surface area contributed by atoms with Crippen molar-refractivity contribution < 1.29 is 9.72 Å². The van der Waals surface area contributed by atoms with E-state index < -0.39 is 4.92 Å². The minimum atomic E-state index is -0.408. The molecule has 1 amide bonds. The number of nitro groups is 1. The maximum absolute atomic E-state index is 12.9. The number of para-hydroxylation sites is 1. The van der Waals surface area contributed by atoms with Gasteiger partial charge in [0.15, 0.2) is 0 Å². The average Bonchev–Trinajstić information content (AvgIpc) is 3.10. The standard InChI is InChI=1S/C20H23N5O3/c1-15-13-19(21-14-18(15)25(27)28)23-11-9-22(10-12-23)17-7-8-24(20(17)26)16-5-3-2-4-6-16/h2-6,13-14,17H,7-12H2,1H3. The largest absolute Gasteiger partial charge is 0.354 e. The molecule has 8 nitrogen and oxygen atoms in total. The highest BCUT2D eigenvalue weighted by Gasteiger charge is 2.37. The SMILES string of the molecule is Cc1cc(N2CCN(C3CCN(c4ccccc4)C3=O)CC2)ncc1[N+](=O)[O-]. The number of hydrogen-bond acceptors (Lipinski definition) is 6. The molecule has 1 aromatic heterocycles. The van der Waals surface area contributed by atoms with Crippen LogP contribution in [0.15, 0.2) is 42.6 Å². The Labute approximate surface area is 163 Å².